The van der Waals surface area contributed by atoms with Gasteiger partial charge in [0.2, 0.25) is 0 Å². The monoisotopic (exact) mass is 765 g/mol. The zero-order valence-electron chi connectivity index (χ0n) is 28.6. The molecule has 2 aliphatic carbocycles. The van der Waals surface area contributed by atoms with E-state index in [0.717, 1.165) is 44.5 Å². The number of aromatic nitrogens is 2. The largest absolute Gasteiger partial charge is 0.489 e. The number of carbonyl (C=O) groups excluding carboxylic acids is 2. The number of rotatable bonds is 14. The van der Waals surface area contributed by atoms with Gasteiger partial charge in [-0.15, -0.1) is 0 Å². The van der Waals surface area contributed by atoms with Gasteiger partial charge in [-0.1, -0.05) is 47.5 Å². The second-order valence-electron chi connectivity index (χ2n) is 14.1. The quantitative estimate of drug-likeness (QED) is 0.121. The average molecular weight is 767 g/mol. The van der Waals surface area contributed by atoms with Gasteiger partial charge in [-0.25, -0.2) is 19.6 Å². The maximum Gasteiger partial charge on any atom is 0.416 e. The van der Waals surface area contributed by atoms with Crippen molar-refractivity contribution in [1.29, 1.82) is 0 Å². The van der Waals surface area contributed by atoms with Crippen molar-refractivity contribution in [2.75, 3.05) is 31.1 Å². The molecule has 0 radical (unpaired) electrons. The second-order valence-corrected chi connectivity index (χ2v) is 14.9. The molecule has 3 saturated heterocycles. The molecular weight excluding hydrogens is 729 g/mol. The van der Waals surface area contributed by atoms with Crippen LogP contribution in [0.5, 0.6) is 11.5 Å². The fraction of sp³-hybridized carbons (Fsp3) is 0.385. The molecule has 53 heavy (non-hydrogen) atoms. The van der Waals surface area contributed by atoms with Crippen LogP contribution in [0, 0.1) is 17.8 Å². The number of hydrogen-bond donors (Lipinski definition) is 0. The number of amides is 1. The number of piperidine rings is 3. The van der Waals surface area contributed by atoms with E-state index in [-0.39, 0.29) is 30.0 Å². The topological polar surface area (TPSA) is 105 Å². The van der Waals surface area contributed by atoms with Gasteiger partial charge in [-0.05, 0) is 79.3 Å². The lowest BCUT2D eigenvalue weighted by atomic mass is 10.0. The minimum atomic E-state index is -3.05. The zero-order valence-corrected chi connectivity index (χ0v) is 30.1. The van der Waals surface area contributed by atoms with Gasteiger partial charge in [0.15, 0.2) is 23.9 Å². The summed E-state index contributed by atoms with van der Waals surface area (Å²) in [5.74, 6) is 0.957. The van der Waals surface area contributed by atoms with Crippen molar-refractivity contribution >= 4 is 41.1 Å². The Morgan fingerprint density at radius 2 is 1.79 bits per heavy atom. The van der Waals surface area contributed by atoms with E-state index in [0.29, 0.717) is 51.4 Å². The Morgan fingerprint density at radius 3 is 2.43 bits per heavy atom. The normalized spacial score (nSPS) is 22.9. The number of pyridine rings is 2. The Kier molecular flexibility index (Phi) is 9.86. The highest BCUT2D eigenvalue weighted by Crippen LogP contribution is 2.63. The van der Waals surface area contributed by atoms with Crippen molar-refractivity contribution in [1.82, 2.24) is 9.88 Å². The standard InChI is InChI=1S/C39H36Cl2F2N4O6/c40-30-17-44-18-31(41)27(30)16-33(26-10-11-32(52-37(42)43)34(15-26)50-21-24-4-5-24)51-36(48)25-8-6-23(7-9-25)19-47(35-3-1-2-13-45-35)38(49)53-39-22-46-14-12-28(39)29(39)20-46/h1-3,6-11,13,15,17-18,24,28-29,33,37H,4-5,12,14,16,19-22H2/p+1/t28?,29?,33-,39+/m0/s1. The minimum absolute atomic E-state index is 0.0788. The van der Waals surface area contributed by atoms with E-state index in [2.05, 4.69) is 14.9 Å². The van der Waals surface area contributed by atoms with Crippen LogP contribution < -0.4 is 19.4 Å². The van der Waals surface area contributed by atoms with Gasteiger partial charge in [0.05, 0.1) is 18.7 Å². The minimum Gasteiger partial charge on any atom is -0.489 e. The summed E-state index contributed by atoms with van der Waals surface area (Å²) in [5.41, 5.74) is 1.57. The van der Waals surface area contributed by atoms with Crippen LogP contribution in [0.4, 0.5) is 19.4 Å². The summed E-state index contributed by atoms with van der Waals surface area (Å²) >= 11 is 13.0. The number of esters is 1. The average Bonchev–Trinajstić information content (AvgIpc) is 4.07. The number of hydrogen-bond acceptors (Lipinski definition) is 8. The highest BCUT2D eigenvalue weighted by molar-refractivity contribution is 6.35. The molecule has 5 aliphatic rings. The number of anilines is 1. The number of ether oxygens (including phenoxy) is 4. The molecule has 5 heterocycles. The summed E-state index contributed by atoms with van der Waals surface area (Å²) in [7, 11) is 0. The highest BCUT2D eigenvalue weighted by Gasteiger charge is 2.74. The Bertz CT molecular complexity index is 1960. The van der Waals surface area contributed by atoms with E-state index in [1.54, 1.807) is 67.1 Å². The van der Waals surface area contributed by atoms with Crippen molar-refractivity contribution in [3.63, 3.8) is 0 Å². The molecule has 3 aliphatic heterocycles. The van der Waals surface area contributed by atoms with Crippen LogP contribution in [0.2, 0.25) is 10.0 Å². The van der Waals surface area contributed by atoms with Gasteiger partial charge in [-0.2, -0.15) is 8.78 Å². The molecule has 1 N–H and O–H groups in total. The summed E-state index contributed by atoms with van der Waals surface area (Å²) in [4.78, 5) is 38.6. The summed E-state index contributed by atoms with van der Waals surface area (Å²) in [5, 5.41) is 0.660. The maximum absolute atomic E-state index is 13.7. The number of H-pyrrole nitrogens is 1. The Labute approximate surface area is 314 Å². The van der Waals surface area contributed by atoms with E-state index in [1.165, 1.54) is 11.0 Å². The third-order valence-corrected chi connectivity index (χ3v) is 11.3. The van der Waals surface area contributed by atoms with E-state index >= 15 is 0 Å². The number of halogens is 4. The third kappa shape index (κ3) is 7.63. The molecule has 2 aromatic carbocycles. The molecule has 9 rings (SSSR count). The number of fused-ring (bicyclic) bond motifs is 1. The van der Waals surface area contributed by atoms with Crippen LogP contribution in [-0.4, -0.2) is 60.4 Å². The number of aromatic amines is 1. The molecule has 5 fully saturated rings. The van der Waals surface area contributed by atoms with E-state index in [9.17, 15) is 18.4 Å². The van der Waals surface area contributed by atoms with E-state index in [1.807, 2.05) is 6.07 Å². The highest BCUT2D eigenvalue weighted by atomic mass is 35.5. The predicted octanol–water partition coefficient (Wildman–Crippen LogP) is 7.58. The lowest BCUT2D eigenvalue weighted by Crippen LogP contribution is -2.42. The van der Waals surface area contributed by atoms with Crippen LogP contribution >= 0.6 is 23.2 Å². The molecule has 4 bridgehead atoms. The van der Waals surface area contributed by atoms with Gasteiger partial charge >= 0.3 is 18.7 Å². The van der Waals surface area contributed by atoms with Crippen molar-refractivity contribution in [3.8, 4) is 11.5 Å². The fourth-order valence-electron chi connectivity index (χ4n) is 7.61. The molecule has 4 aromatic rings. The summed E-state index contributed by atoms with van der Waals surface area (Å²) in [6, 6.07) is 16.6. The number of benzene rings is 2. The van der Waals surface area contributed by atoms with E-state index in [4.69, 9.17) is 42.1 Å². The van der Waals surface area contributed by atoms with Crippen LogP contribution in [0.25, 0.3) is 0 Å². The third-order valence-electron chi connectivity index (χ3n) is 10.6. The summed E-state index contributed by atoms with van der Waals surface area (Å²) in [6.45, 7) is 0.254. The lowest BCUT2D eigenvalue weighted by Gasteiger charge is -2.30. The number of alkyl halides is 2. The number of nitrogens with zero attached hydrogens (tertiary/aromatic N) is 3. The van der Waals surface area contributed by atoms with Crippen LogP contribution in [0.3, 0.4) is 0 Å². The maximum atomic E-state index is 13.7. The summed E-state index contributed by atoms with van der Waals surface area (Å²) in [6.07, 6.45) is 6.47. The molecule has 3 unspecified atom stereocenters. The van der Waals surface area contributed by atoms with Gasteiger partial charge in [0.25, 0.3) is 0 Å². The second kappa shape index (κ2) is 14.7. The molecule has 276 valence electrons. The zero-order chi connectivity index (χ0) is 36.7. The predicted molar refractivity (Wildman–Crippen MR) is 190 cm³/mol. The SMILES string of the molecule is O=C(O[C@@H](Cc1c(Cl)c[nH+]cc1Cl)c1ccc(OC(F)F)c(OCC2CC2)c1)c1ccc(CN(C(=O)O[C@]23CN4CCC2C3C4)c2ccccn2)cc1. The van der Waals surface area contributed by atoms with Crippen molar-refractivity contribution in [2.45, 2.75) is 50.5 Å². The molecule has 5 atom stereocenters. The molecule has 2 aromatic heterocycles. The first-order valence-electron chi connectivity index (χ1n) is 17.7. The van der Waals surface area contributed by atoms with Crippen LogP contribution in [-0.2, 0) is 22.4 Å². The molecule has 10 nitrogen and oxygen atoms in total. The Hall–Kier alpha value is -4.52. The fourth-order valence-corrected chi connectivity index (χ4v) is 8.14. The number of nitrogens with one attached hydrogen (secondary N) is 1. The van der Waals surface area contributed by atoms with Gasteiger partial charge in [0, 0.05) is 43.1 Å². The molecule has 14 heteroatoms. The van der Waals surface area contributed by atoms with Crippen molar-refractivity contribution < 1.29 is 42.3 Å². The van der Waals surface area contributed by atoms with Crippen LogP contribution in [0.15, 0.2) is 79.3 Å². The number of carbonyl (C=O) groups is 2. The van der Waals surface area contributed by atoms with Crippen molar-refractivity contribution in [2.24, 2.45) is 17.8 Å². The lowest BCUT2D eigenvalue weighted by molar-refractivity contribution is -0.377. The van der Waals surface area contributed by atoms with Gasteiger partial charge < -0.3 is 18.9 Å². The van der Waals surface area contributed by atoms with Crippen molar-refractivity contribution in [3.05, 3.63) is 112 Å². The molecule has 1 amide bonds. The van der Waals surface area contributed by atoms with Gasteiger partial charge in [0.1, 0.15) is 27.6 Å². The first kappa shape index (κ1) is 35.5. The van der Waals surface area contributed by atoms with Crippen LogP contribution in [0.1, 0.15) is 52.4 Å². The smallest absolute Gasteiger partial charge is 0.416 e. The Morgan fingerprint density at radius 1 is 1.00 bits per heavy atom. The Balaban J connectivity index is 1.01. The first-order valence-corrected chi connectivity index (χ1v) is 18.4. The summed E-state index contributed by atoms with van der Waals surface area (Å²) < 4.78 is 49.4. The molecular formula is C39H37Cl2F2N4O6+. The first-order chi connectivity index (χ1) is 25.7. The molecule has 2 saturated carbocycles. The molecule has 0 spiro atoms. The van der Waals surface area contributed by atoms with Gasteiger partial charge in [-0.3, -0.25) is 9.80 Å². The van der Waals surface area contributed by atoms with E-state index < -0.39 is 30.4 Å².